The third-order valence-electron chi connectivity index (χ3n) is 2.59. The molecule has 0 aliphatic heterocycles. The molecule has 14 heavy (non-hydrogen) atoms. The minimum absolute atomic E-state index is 0.0640. The van der Waals surface area contributed by atoms with E-state index in [0.29, 0.717) is 19.0 Å². The largest absolute Gasteiger partial charge is 0.468 e. The van der Waals surface area contributed by atoms with Gasteiger partial charge in [-0.15, -0.1) is 0 Å². The van der Waals surface area contributed by atoms with Crippen LogP contribution in [0.1, 0.15) is 40.5 Å². The summed E-state index contributed by atoms with van der Waals surface area (Å²) in [5.74, 6) is 0.508. The van der Waals surface area contributed by atoms with Gasteiger partial charge in [-0.1, -0.05) is 13.8 Å². The summed E-state index contributed by atoms with van der Waals surface area (Å²) in [7, 11) is 0. The van der Waals surface area contributed by atoms with Gasteiger partial charge in [0.25, 0.3) is 6.47 Å². The molecule has 0 aromatic heterocycles. The fraction of sp³-hybridized carbons (Fsp3) is 0.909. The lowest BCUT2D eigenvalue weighted by Crippen LogP contribution is -2.31. The molecular weight excluding hydrogens is 180 g/mol. The number of carbonyl (C=O) groups is 1. The van der Waals surface area contributed by atoms with Crippen LogP contribution in [-0.2, 0) is 14.3 Å². The zero-order valence-corrected chi connectivity index (χ0v) is 9.71. The van der Waals surface area contributed by atoms with E-state index in [-0.39, 0.29) is 5.60 Å². The van der Waals surface area contributed by atoms with Crippen molar-refractivity contribution in [1.29, 1.82) is 0 Å². The second kappa shape index (κ2) is 6.82. The zero-order valence-electron chi connectivity index (χ0n) is 9.71. The molecule has 0 saturated heterocycles. The Morgan fingerprint density at radius 1 is 1.21 bits per heavy atom. The van der Waals surface area contributed by atoms with E-state index in [9.17, 15) is 4.79 Å². The average molecular weight is 202 g/mol. The average Bonchev–Trinajstić information content (AvgIpc) is 2.10. The maximum Gasteiger partial charge on any atom is 0.293 e. The van der Waals surface area contributed by atoms with Gasteiger partial charge in [0.2, 0.25) is 0 Å². The molecule has 0 saturated carbocycles. The predicted molar refractivity (Wildman–Crippen MR) is 56.1 cm³/mol. The summed E-state index contributed by atoms with van der Waals surface area (Å²) in [5, 5.41) is 0. The molecule has 0 rings (SSSR count). The molecule has 0 radical (unpaired) electrons. The molecule has 0 aromatic rings. The quantitative estimate of drug-likeness (QED) is 0.448. The molecule has 0 unspecified atom stereocenters. The van der Waals surface area contributed by atoms with Gasteiger partial charge < -0.3 is 9.47 Å². The molecule has 0 atom stereocenters. The Labute approximate surface area is 86.8 Å². The van der Waals surface area contributed by atoms with E-state index in [4.69, 9.17) is 4.74 Å². The predicted octanol–water partition coefficient (Wildman–Crippen LogP) is 2.39. The molecular formula is C11H22O3. The van der Waals surface area contributed by atoms with Gasteiger partial charge >= 0.3 is 0 Å². The number of carbonyl (C=O) groups excluding carboxylic acids is 1. The SMILES string of the molecule is CC(C)C(C)(C)OCCCCOC=O. The first kappa shape index (κ1) is 13.4. The Kier molecular flexibility index (Phi) is 6.54. The lowest BCUT2D eigenvalue weighted by atomic mass is 9.95. The van der Waals surface area contributed by atoms with Gasteiger partial charge in [0.15, 0.2) is 0 Å². The second-order valence-electron chi connectivity index (χ2n) is 4.28. The lowest BCUT2D eigenvalue weighted by Gasteiger charge is -2.29. The molecule has 84 valence electrons. The van der Waals surface area contributed by atoms with Crippen LogP contribution in [0, 0.1) is 5.92 Å². The summed E-state index contributed by atoms with van der Waals surface area (Å²) in [6.07, 6.45) is 1.80. The summed E-state index contributed by atoms with van der Waals surface area (Å²) < 4.78 is 10.3. The first-order valence-corrected chi connectivity index (χ1v) is 5.20. The van der Waals surface area contributed by atoms with Gasteiger partial charge in [-0.05, 0) is 32.6 Å². The van der Waals surface area contributed by atoms with Crippen LogP contribution in [0.2, 0.25) is 0 Å². The second-order valence-corrected chi connectivity index (χ2v) is 4.28. The van der Waals surface area contributed by atoms with Crippen LogP contribution in [0.15, 0.2) is 0 Å². The van der Waals surface area contributed by atoms with Crippen LogP contribution in [0.5, 0.6) is 0 Å². The van der Waals surface area contributed by atoms with E-state index >= 15 is 0 Å². The highest BCUT2D eigenvalue weighted by molar-refractivity contribution is 5.36. The Morgan fingerprint density at radius 2 is 1.79 bits per heavy atom. The first-order valence-electron chi connectivity index (χ1n) is 5.20. The van der Waals surface area contributed by atoms with E-state index in [2.05, 4.69) is 32.4 Å². The molecule has 0 aliphatic carbocycles. The molecule has 0 N–H and O–H groups in total. The molecule has 0 heterocycles. The van der Waals surface area contributed by atoms with Crippen molar-refractivity contribution in [3.05, 3.63) is 0 Å². The Bertz CT molecular complexity index is 153. The van der Waals surface area contributed by atoms with E-state index in [0.717, 1.165) is 19.4 Å². The number of hydrogen-bond donors (Lipinski definition) is 0. The van der Waals surface area contributed by atoms with E-state index in [1.165, 1.54) is 0 Å². The van der Waals surface area contributed by atoms with Crippen molar-refractivity contribution in [3.8, 4) is 0 Å². The summed E-state index contributed by atoms with van der Waals surface area (Å²) in [5.41, 5.74) is -0.0640. The fourth-order valence-corrected chi connectivity index (χ4v) is 0.837. The van der Waals surface area contributed by atoms with Crippen molar-refractivity contribution in [2.24, 2.45) is 5.92 Å². The van der Waals surface area contributed by atoms with Crippen LogP contribution in [0.25, 0.3) is 0 Å². The van der Waals surface area contributed by atoms with Gasteiger partial charge in [0.05, 0.1) is 12.2 Å². The Morgan fingerprint density at radius 3 is 2.29 bits per heavy atom. The van der Waals surface area contributed by atoms with Crippen molar-refractivity contribution in [2.45, 2.75) is 46.1 Å². The topological polar surface area (TPSA) is 35.5 Å². The summed E-state index contributed by atoms with van der Waals surface area (Å²) in [4.78, 5) is 9.83. The zero-order chi connectivity index (χ0) is 11.0. The van der Waals surface area contributed by atoms with Crippen molar-refractivity contribution in [2.75, 3.05) is 13.2 Å². The molecule has 0 aromatic carbocycles. The van der Waals surface area contributed by atoms with Gasteiger partial charge in [-0.3, -0.25) is 4.79 Å². The Balaban J connectivity index is 3.39. The number of ether oxygens (including phenoxy) is 2. The summed E-state index contributed by atoms with van der Waals surface area (Å²) in [6.45, 7) is 10.2. The molecule has 0 bridgehead atoms. The number of unbranched alkanes of at least 4 members (excludes halogenated alkanes) is 1. The van der Waals surface area contributed by atoms with Gasteiger partial charge in [0, 0.05) is 6.61 Å². The molecule has 0 spiro atoms. The van der Waals surface area contributed by atoms with Crippen LogP contribution in [0.4, 0.5) is 0 Å². The van der Waals surface area contributed by atoms with Crippen LogP contribution in [0.3, 0.4) is 0 Å². The minimum Gasteiger partial charge on any atom is -0.468 e. The third-order valence-corrected chi connectivity index (χ3v) is 2.59. The van der Waals surface area contributed by atoms with Crippen molar-refractivity contribution < 1.29 is 14.3 Å². The minimum atomic E-state index is -0.0640. The Hall–Kier alpha value is -0.570. The third kappa shape index (κ3) is 5.97. The van der Waals surface area contributed by atoms with Crippen molar-refractivity contribution in [1.82, 2.24) is 0 Å². The summed E-state index contributed by atoms with van der Waals surface area (Å²) >= 11 is 0. The highest BCUT2D eigenvalue weighted by Gasteiger charge is 2.22. The molecule has 0 amide bonds. The highest BCUT2D eigenvalue weighted by atomic mass is 16.5. The molecule has 3 nitrogen and oxygen atoms in total. The number of rotatable bonds is 8. The number of hydrogen-bond acceptors (Lipinski definition) is 3. The van der Waals surface area contributed by atoms with Crippen molar-refractivity contribution in [3.63, 3.8) is 0 Å². The smallest absolute Gasteiger partial charge is 0.293 e. The van der Waals surface area contributed by atoms with Crippen molar-refractivity contribution >= 4 is 6.47 Å². The highest BCUT2D eigenvalue weighted by Crippen LogP contribution is 2.20. The molecule has 0 fully saturated rings. The van der Waals surface area contributed by atoms with E-state index < -0.39 is 0 Å². The van der Waals surface area contributed by atoms with Crippen LogP contribution >= 0.6 is 0 Å². The standard InChI is InChI=1S/C11H22O3/c1-10(2)11(3,4)14-8-6-5-7-13-9-12/h9-10H,5-8H2,1-4H3. The normalized spacial score (nSPS) is 11.8. The van der Waals surface area contributed by atoms with Crippen LogP contribution in [-0.4, -0.2) is 25.3 Å². The van der Waals surface area contributed by atoms with Gasteiger partial charge in [0.1, 0.15) is 0 Å². The van der Waals surface area contributed by atoms with Gasteiger partial charge in [-0.25, -0.2) is 0 Å². The first-order chi connectivity index (χ1) is 6.50. The molecule has 0 aliphatic rings. The van der Waals surface area contributed by atoms with Crippen LogP contribution < -0.4 is 0 Å². The fourth-order valence-electron chi connectivity index (χ4n) is 0.837. The maximum absolute atomic E-state index is 9.83. The van der Waals surface area contributed by atoms with Gasteiger partial charge in [-0.2, -0.15) is 0 Å². The van der Waals surface area contributed by atoms with E-state index in [1.807, 2.05) is 0 Å². The monoisotopic (exact) mass is 202 g/mol. The lowest BCUT2D eigenvalue weighted by molar-refractivity contribution is -0.129. The van der Waals surface area contributed by atoms with E-state index in [1.54, 1.807) is 0 Å². The maximum atomic E-state index is 9.83. The summed E-state index contributed by atoms with van der Waals surface area (Å²) in [6, 6.07) is 0. The molecule has 3 heteroatoms.